The van der Waals surface area contributed by atoms with Crippen LogP contribution >= 0.6 is 0 Å². The Morgan fingerprint density at radius 3 is 2.78 bits per heavy atom. The van der Waals surface area contributed by atoms with E-state index in [9.17, 15) is 4.79 Å². The summed E-state index contributed by atoms with van der Waals surface area (Å²) in [6.07, 6.45) is 1.79. The van der Waals surface area contributed by atoms with Crippen LogP contribution in [0.1, 0.15) is 24.2 Å². The van der Waals surface area contributed by atoms with Crippen molar-refractivity contribution in [2.45, 2.75) is 13.8 Å². The van der Waals surface area contributed by atoms with Crippen LogP contribution in [0.5, 0.6) is 0 Å². The van der Waals surface area contributed by atoms with Crippen LogP contribution in [0.3, 0.4) is 0 Å². The molecule has 0 fully saturated rings. The number of amides is 1. The second-order valence-electron chi connectivity index (χ2n) is 4.52. The fourth-order valence-electron chi connectivity index (χ4n) is 2.07. The fraction of sp³-hybridized carbons (Fsp3) is 0.267. The van der Waals surface area contributed by atoms with E-state index in [1.54, 1.807) is 11.1 Å². The Kier molecular flexibility index (Phi) is 3.51. The number of aromatic amines is 1. The Labute approximate surface area is 107 Å². The Morgan fingerprint density at radius 2 is 2.11 bits per heavy atom. The molecule has 0 aliphatic heterocycles. The molecule has 1 N–H and O–H groups in total. The smallest absolute Gasteiger partial charge is 0.256 e. The highest BCUT2D eigenvalue weighted by Crippen LogP contribution is 2.19. The van der Waals surface area contributed by atoms with Crippen LogP contribution < -0.4 is 0 Å². The number of aromatic nitrogens is 1. The molecule has 0 saturated heterocycles. The second kappa shape index (κ2) is 5.08. The molecule has 0 atom stereocenters. The van der Waals surface area contributed by atoms with Gasteiger partial charge in [0.25, 0.3) is 5.91 Å². The van der Waals surface area contributed by atoms with Gasteiger partial charge in [0.15, 0.2) is 0 Å². The number of likely N-dealkylation sites (N-methyl/N-ethyl adjacent to an activating group) is 1. The lowest BCUT2D eigenvalue weighted by Gasteiger charge is -2.20. The topological polar surface area (TPSA) is 36.1 Å². The molecular formula is C15H18N2O. The van der Waals surface area contributed by atoms with Crippen molar-refractivity contribution in [3.05, 3.63) is 48.2 Å². The summed E-state index contributed by atoms with van der Waals surface area (Å²) >= 11 is 0. The number of rotatable bonds is 4. The first-order valence-corrected chi connectivity index (χ1v) is 6.13. The molecule has 2 rings (SSSR count). The first-order chi connectivity index (χ1) is 8.63. The molecule has 0 bridgehead atoms. The SMILES string of the molecule is C=C(C)CN(CC)C(=O)c1c[nH]c2ccccc12. The zero-order valence-corrected chi connectivity index (χ0v) is 10.9. The van der Waals surface area contributed by atoms with Gasteiger partial charge in [-0.1, -0.05) is 30.4 Å². The average Bonchev–Trinajstić information content (AvgIpc) is 2.78. The average molecular weight is 242 g/mol. The van der Waals surface area contributed by atoms with Gasteiger partial charge in [-0.3, -0.25) is 4.79 Å². The Morgan fingerprint density at radius 1 is 1.39 bits per heavy atom. The Balaban J connectivity index is 2.35. The minimum absolute atomic E-state index is 0.0537. The zero-order valence-electron chi connectivity index (χ0n) is 10.9. The molecule has 2 aromatic rings. The van der Waals surface area contributed by atoms with E-state index in [2.05, 4.69) is 11.6 Å². The van der Waals surface area contributed by atoms with Gasteiger partial charge in [-0.15, -0.1) is 0 Å². The van der Waals surface area contributed by atoms with Gasteiger partial charge < -0.3 is 9.88 Å². The summed E-state index contributed by atoms with van der Waals surface area (Å²) in [6.45, 7) is 9.08. The molecule has 3 heteroatoms. The van der Waals surface area contributed by atoms with Crippen molar-refractivity contribution < 1.29 is 4.79 Å². The molecule has 1 heterocycles. The van der Waals surface area contributed by atoms with E-state index in [1.165, 1.54) is 0 Å². The number of carbonyl (C=O) groups excluding carboxylic acids is 1. The van der Waals surface area contributed by atoms with Gasteiger partial charge in [-0.05, 0) is 19.9 Å². The van der Waals surface area contributed by atoms with Gasteiger partial charge in [0.05, 0.1) is 5.56 Å². The molecule has 0 spiro atoms. The largest absolute Gasteiger partial charge is 0.360 e. The van der Waals surface area contributed by atoms with Crippen molar-refractivity contribution in [1.29, 1.82) is 0 Å². The van der Waals surface area contributed by atoms with Gasteiger partial charge in [-0.25, -0.2) is 0 Å². The first-order valence-electron chi connectivity index (χ1n) is 6.13. The second-order valence-corrected chi connectivity index (χ2v) is 4.52. The van der Waals surface area contributed by atoms with Gasteiger partial charge in [0.1, 0.15) is 0 Å². The quantitative estimate of drug-likeness (QED) is 0.821. The van der Waals surface area contributed by atoms with Crippen LogP contribution in [0.2, 0.25) is 0 Å². The molecule has 3 nitrogen and oxygen atoms in total. The number of benzene rings is 1. The minimum atomic E-state index is 0.0537. The van der Waals surface area contributed by atoms with Crippen LogP contribution in [0.15, 0.2) is 42.6 Å². The Hall–Kier alpha value is -2.03. The molecule has 94 valence electrons. The van der Waals surface area contributed by atoms with Gasteiger partial charge in [0.2, 0.25) is 0 Å². The van der Waals surface area contributed by atoms with E-state index in [1.807, 2.05) is 38.1 Å². The summed E-state index contributed by atoms with van der Waals surface area (Å²) in [4.78, 5) is 17.4. The zero-order chi connectivity index (χ0) is 13.1. The van der Waals surface area contributed by atoms with Crippen LogP contribution in [0.25, 0.3) is 10.9 Å². The molecule has 0 aliphatic carbocycles. The molecule has 1 aromatic heterocycles. The predicted molar refractivity (Wildman–Crippen MR) is 74.7 cm³/mol. The number of nitrogens with one attached hydrogen (secondary N) is 1. The highest BCUT2D eigenvalue weighted by Gasteiger charge is 2.17. The minimum Gasteiger partial charge on any atom is -0.360 e. The first kappa shape index (κ1) is 12.4. The van der Waals surface area contributed by atoms with Crippen molar-refractivity contribution in [3.8, 4) is 0 Å². The molecule has 1 amide bonds. The summed E-state index contributed by atoms with van der Waals surface area (Å²) < 4.78 is 0. The van der Waals surface area contributed by atoms with Crippen molar-refractivity contribution in [2.24, 2.45) is 0 Å². The molecule has 0 unspecified atom stereocenters. The number of H-pyrrole nitrogens is 1. The van der Waals surface area contributed by atoms with Crippen molar-refractivity contribution >= 4 is 16.8 Å². The number of para-hydroxylation sites is 1. The van der Waals surface area contributed by atoms with Gasteiger partial charge in [-0.2, -0.15) is 0 Å². The lowest BCUT2D eigenvalue weighted by atomic mass is 10.1. The van der Waals surface area contributed by atoms with Crippen molar-refractivity contribution in [2.75, 3.05) is 13.1 Å². The van der Waals surface area contributed by atoms with Crippen molar-refractivity contribution in [1.82, 2.24) is 9.88 Å². The monoisotopic (exact) mass is 242 g/mol. The summed E-state index contributed by atoms with van der Waals surface area (Å²) in [5.74, 6) is 0.0537. The van der Waals surface area contributed by atoms with Crippen molar-refractivity contribution in [3.63, 3.8) is 0 Å². The maximum Gasteiger partial charge on any atom is 0.256 e. The summed E-state index contributed by atoms with van der Waals surface area (Å²) in [5.41, 5.74) is 2.71. The van der Waals surface area contributed by atoms with E-state index < -0.39 is 0 Å². The Bertz CT molecular complexity index is 583. The number of nitrogens with zero attached hydrogens (tertiary/aromatic N) is 1. The number of hydrogen-bond acceptors (Lipinski definition) is 1. The normalized spacial score (nSPS) is 10.6. The molecule has 18 heavy (non-hydrogen) atoms. The standard InChI is InChI=1S/C15H18N2O/c1-4-17(10-11(2)3)15(18)13-9-16-14-8-6-5-7-12(13)14/h5-9,16H,2,4,10H2,1,3H3. The van der Waals surface area contributed by atoms with E-state index in [-0.39, 0.29) is 5.91 Å². The number of carbonyl (C=O) groups is 1. The van der Waals surface area contributed by atoms with E-state index >= 15 is 0 Å². The predicted octanol–water partition coefficient (Wildman–Crippen LogP) is 3.21. The summed E-state index contributed by atoms with van der Waals surface area (Å²) in [7, 11) is 0. The molecule has 0 aliphatic rings. The highest BCUT2D eigenvalue weighted by atomic mass is 16.2. The van der Waals surface area contributed by atoms with Crippen LogP contribution in [0.4, 0.5) is 0 Å². The molecule has 0 saturated carbocycles. The highest BCUT2D eigenvalue weighted by molar-refractivity contribution is 6.06. The fourth-order valence-corrected chi connectivity index (χ4v) is 2.07. The molecular weight excluding hydrogens is 224 g/mol. The number of hydrogen-bond donors (Lipinski definition) is 1. The van der Waals surface area contributed by atoms with Gasteiger partial charge >= 0.3 is 0 Å². The van der Waals surface area contributed by atoms with Crippen LogP contribution in [0, 0.1) is 0 Å². The molecule has 1 aromatic carbocycles. The third-order valence-electron chi connectivity index (χ3n) is 2.95. The van der Waals surface area contributed by atoms with E-state index in [0.29, 0.717) is 13.1 Å². The lowest BCUT2D eigenvalue weighted by Crippen LogP contribution is -2.32. The third-order valence-corrected chi connectivity index (χ3v) is 2.95. The van der Waals surface area contributed by atoms with Crippen LogP contribution in [-0.4, -0.2) is 28.9 Å². The summed E-state index contributed by atoms with van der Waals surface area (Å²) in [5, 5.41) is 0.975. The summed E-state index contributed by atoms with van der Waals surface area (Å²) in [6, 6.07) is 7.84. The molecule has 0 radical (unpaired) electrons. The maximum absolute atomic E-state index is 12.5. The van der Waals surface area contributed by atoms with E-state index in [0.717, 1.165) is 22.0 Å². The van der Waals surface area contributed by atoms with E-state index in [4.69, 9.17) is 0 Å². The maximum atomic E-state index is 12.5. The lowest BCUT2D eigenvalue weighted by molar-refractivity contribution is 0.0780. The third kappa shape index (κ3) is 2.30. The van der Waals surface area contributed by atoms with Crippen LogP contribution in [-0.2, 0) is 0 Å². The number of fused-ring (bicyclic) bond motifs is 1. The van der Waals surface area contributed by atoms with Gasteiger partial charge in [0, 0.05) is 30.2 Å².